The molecule has 2 aromatic carbocycles. The van der Waals surface area contributed by atoms with Crippen LogP contribution in [0.15, 0.2) is 82.6 Å². The number of aromatic nitrogens is 1. The number of carbonyl (C=O) groups is 1. The molecule has 12 heteroatoms. The molecule has 1 aliphatic rings. The molecular weight excluding hydrogens is 535 g/mol. The van der Waals surface area contributed by atoms with Crippen molar-refractivity contribution in [2.24, 2.45) is 0 Å². The Labute approximate surface area is 222 Å². The second-order valence-corrected chi connectivity index (χ2v) is 10.9. The zero-order chi connectivity index (χ0) is 27.6. The number of amides is 1. The van der Waals surface area contributed by atoms with E-state index in [-0.39, 0.29) is 30.4 Å². The number of rotatable bonds is 8. The van der Waals surface area contributed by atoms with Gasteiger partial charge in [-0.25, -0.2) is 8.42 Å². The van der Waals surface area contributed by atoms with Crippen molar-refractivity contribution in [2.75, 3.05) is 6.54 Å². The van der Waals surface area contributed by atoms with Gasteiger partial charge in [-0.1, -0.05) is 30.3 Å². The van der Waals surface area contributed by atoms with E-state index in [1.807, 2.05) is 0 Å². The molecule has 3 heterocycles. The van der Waals surface area contributed by atoms with Crippen LogP contribution in [0.1, 0.15) is 29.5 Å². The van der Waals surface area contributed by atoms with Crippen LogP contribution in [0, 0.1) is 0 Å². The van der Waals surface area contributed by atoms with Crippen LogP contribution in [0.5, 0.6) is 5.75 Å². The summed E-state index contributed by atoms with van der Waals surface area (Å²) in [5.41, 5.74) is 0.522. The van der Waals surface area contributed by atoms with Crippen LogP contribution in [0.2, 0.25) is 0 Å². The van der Waals surface area contributed by atoms with Crippen LogP contribution in [0.3, 0.4) is 0 Å². The third-order valence-electron chi connectivity index (χ3n) is 6.37. The predicted molar refractivity (Wildman–Crippen MR) is 135 cm³/mol. The van der Waals surface area contributed by atoms with E-state index in [0.29, 0.717) is 35.1 Å². The number of para-hydroxylation sites is 1. The lowest BCUT2D eigenvalue weighted by molar-refractivity contribution is -0.137. The third-order valence-corrected chi connectivity index (χ3v) is 8.13. The van der Waals surface area contributed by atoms with Crippen molar-refractivity contribution in [3.63, 3.8) is 0 Å². The van der Waals surface area contributed by atoms with Gasteiger partial charge in [-0.15, -0.1) is 0 Å². The molecule has 2 aromatic heterocycles. The molecule has 204 valence electrons. The SMILES string of the molecule is O=C(NCc1cccc(OCc2cncc(C(F)(F)F)c2)c1)[C@@H]1CCCN1S(=O)(=O)c1cc2ccccc2o1. The molecule has 1 aliphatic heterocycles. The Hall–Kier alpha value is -3.90. The molecule has 1 N–H and O–H groups in total. The van der Waals surface area contributed by atoms with Crippen molar-refractivity contribution in [1.82, 2.24) is 14.6 Å². The smallest absolute Gasteiger partial charge is 0.417 e. The number of hydrogen-bond acceptors (Lipinski definition) is 6. The zero-order valence-corrected chi connectivity index (χ0v) is 21.3. The number of nitrogens with one attached hydrogen (secondary N) is 1. The molecule has 4 aromatic rings. The molecule has 1 amide bonds. The van der Waals surface area contributed by atoms with Crippen LogP contribution in [-0.2, 0) is 34.1 Å². The van der Waals surface area contributed by atoms with Gasteiger partial charge in [-0.2, -0.15) is 17.5 Å². The number of alkyl halides is 3. The number of furan rings is 1. The largest absolute Gasteiger partial charge is 0.489 e. The lowest BCUT2D eigenvalue weighted by atomic mass is 10.2. The minimum absolute atomic E-state index is 0.107. The third kappa shape index (κ3) is 5.91. The Morgan fingerprint density at radius 3 is 2.69 bits per heavy atom. The molecule has 0 saturated carbocycles. The van der Waals surface area contributed by atoms with Crippen LogP contribution in [0.4, 0.5) is 13.2 Å². The van der Waals surface area contributed by atoms with Crippen molar-refractivity contribution in [3.05, 3.63) is 89.7 Å². The van der Waals surface area contributed by atoms with Gasteiger partial charge < -0.3 is 14.5 Å². The molecule has 0 aliphatic carbocycles. The first-order valence-electron chi connectivity index (χ1n) is 12.1. The molecule has 0 bridgehead atoms. The van der Waals surface area contributed by atoms with Gasteiger partial charge >= 0.3 is 6.18 Å². The number of halogens is 3. The molecule has 8 nitrogen and oxygen atoms in total. The molecule has 1 saturated heterocycles. The second-order valence-electron chi connectivity index (χ2n) is 9.11. The van der Waals surface area contributed by atoms with E-state index in [1.54, 1.807) is 48.5 Å². The minimum Gasteiger partial charge on any atom is -0.489 e. The molecule has 1 fully saturated rings. The summed E-state index contributed by atoms with van der Waals surface area (Å²) in [6, 6.07) is 15.2. The molecule has 0 unspecified atom stereocenters. The lowest BCUT2D eigenvalue weighted by Gasteiger charge is -2.22. The van der Waals surface area contributed by atoms with Gasteiger partial charge in [0.2, 0.25) is 11.0 Å². The number of pyridine rings is 1. The first-order valence-corrected chi connectivity index (χ1v) is 13.6. The van der Waals surface area contributed by atoms with E-state index in [0.717, 1.165) is 12.3 Å². The van der Waals surface area contributed by atoms with Crippen molar-refractivity contribution >= 4 is 26.9 Å². The lowest BCUT2D eigenvalue weighted by Crippen LogP contribution is -2.45. The Morgan fingerprint density at radius 1 is 1.08 bits per heavy atom. The Bertz CT molecular complexity index is 1570. The number of ether oxygens (including phenoxy) is 1. The van der Waals surface area contributed by atoms with Gasteiger partial charge in [0, 0.05) is 42.5 Å². The number of hydrogen-bond donors (Lipinski definition) is 1. The summed E-state index contributed by atoms with van der Waals surface area (Å²) in [4.78, 5) is 16.6. The topological polar surface area (TPSA) is 102 Å². The number of benzene rings is 2. The maximum atomic E-state index is 13.3. The van der Waals surface area contributed by atoms with E-state index in [2.05, 4.69) is 10.3 Å². The van der Waals surface area contributed by atoms with Gasteiger partial charge in [0.1, 0.15) is 24.0 Å². The fourth-order valence-electron chi connectivity index (χ4n) is 4.43. The van der Waals surface area contributed by atoms with Crippen molar-refractivity contribution in [3.8, 4) is 5.75 Å². The van der Waals surface area contributed by atoms with Crippen molar-refractivity contribution in [1.29, 1.82) is 0 Å². The summed E-state index contributed by atoms with van der Waals surface area (Å²) in [5, 5.41) is 3.23. The Balaban J connectivity index is 1.21. The van der Waals surface area contributed by atoms with E-state index in [9.17, 15) is 26.4 Å². The normalized spacial score (nSPS) is 16.4. The van der Waals surface area contributed by atoms with E-state index >= 15 is 0 Å². The molecule has 5 rings (SSSR count). The standard InChI is InChI=1S/C27H24F3N3O5S/c28-27(29,30)21-11-19(14-31-16-21)17-37-22-7-3-5-18(12-22)15-32-26(34)23-8-4-10-33(23)39(35,36)25-13-20-6-1-2-9-24(20)38-25/h1-3,5-7,9,11-14,16,23H,4,8,10,15,17H2,(H,32,34)/t23-/m0/s1. The quantitative estimate of drug-likeness (QED) is 0.330. The van der Waals surface area contributed by atoms with E-state index in [4.69, 9.17) is 9.15 Å². The summed E-state index contributed by atoms with van der Waals surface area (Å²) in [7, 11) is -4.02. The first kappa shape index (κ1) is 26.7. The Kier molecular flexibility index (Phi) is 7.32. The maximum Gasteiger partial charge on any atom is 0.417 e. The average molecular weight is 560 g/mol. The van der Waals surface area contributed by atoms with E-state index < -0.39 is 33.7 Å². The number of sulfonamides is 1. The maximum absolute atomic E-state index is 13.3. The number of carbonyl (C=O) groups excluding carboxylic acids is 1. The fraction of sp³-hybridized carbons (Fsp3) is 0.259. The summed E-state index contributed by atoms with van der Waals surface area (Å²) >= 11 is 0. The number of fused-ring (bicyclic) bond motifs is 1. The highest BCUT2D eigenvalue weighted by atomic mass is 32.2. The van der Waals surface area contributed by atoms with Gasteiger partial charge in [0.15, 0.2) is 0 Å². The summed E-state index contributed by atoms with van der Waals surface area (Å²) in [6.07, 6.45) is -1.54. The molecular formula is C27H24F3N3O5S. The molecule has 0 radical (unpaired) electrons. The van der Waals surface area contributed by atoms with Gasteiger partial charge in [-0.3, -0.25) is 9.78 Å². The van der Waals surface area contributed by atoms with Crippen LogP contribution in [-0.4, -0.2) is 36.2 Å². The summed E-state index contributed by atoms with van der Waals surface area (Å²) in [6.45, 7) is 0.185. The van der Waals surface area contributed by atoms with Crippen LogP contribution in [0.25, 0.3) is 11.0 Å². The van der Waals surface area contributed by atoms with Gasteiger partial charge in [0.05, 0.1) is 5.56 Å². The zero-order valence-electron chi connectivity index (χ0n) is 20.5. The number of nitrogens with zero attached hydrogens (tertiary/aromatic N) is 2. The minimum atomic E-state index is -4.50. The van der Waals surface area contributed by atoms with E-state index in [1.165, 1.54) is 16.6 Å². The van der Waals surface area contributed by atoms with Gasteiger partial charge in [0.25, 0.3) is 10.0 Å². The predicted octanol–water partition coefficient (Wildman–Crippen LogP) is 4.90. The van der Waals surface area contributed by atoms with Crippen molar-refractivity contribution < 1.29 is 35.5 Å². The second kappa shape index (κ2) is 10.7. The fourth-order valence-corrected chi connectivity index (χ4v) is 6.04. The average Bonchev–Trinajstić information content (AvgIpc) is 3.59. The van der Waals surface area contributed by atoms with Gasteiger partial charge in [-0.05, 0) is 42.7 Å². The monoisotopic (exact) mass is 559 g/mol. The molecule has 1 atom stereocenters. The highest BCUT2D eigenvalue weighted by molar-refractivity contribution is 7.89. The molecule has 39 heavy (non-hydrogen) atoms. The highest BCUT2D eigenvalue weighted by Gasteiger charge is 2.41. The van der Waals surface area contributed by atoms with Crippen LogP contribution < -0.4 is 10.1 Å². The van der Waals surface area contributed by atoms with Crippen molar-refractivity contribution in [2.45, 2.75) is 43.3 Å². The first-order chi connectivity index (χ1) is 18.6. The van der Waals surface area contributed by atoms with Crippen LogP contribution >= 0.6 is 0 Å². The highest BCUT2D eigenvalue weighted by Crippen LogP contribution is 2.31. The summed E-state index contributed by atoms with van der Waals surface area (Å²) < 4.78 is 77.6. The summed E-state index contributed by atoms with van der Waals surface area (Å²) in [5.74, 6) is -0.0392. The Morgan fingerprint density at radius 2 is 1.90 bits per heavy atom. The molecule has 0 spiro atoms.